The van der Waals surface area contributed by atoms with E-state index in [1.807, 2.05) is 18.2 Å². The van der Waals surface area contributed by atoms with Crippen LogP contribution in [0.5, 0.6) is 0 Å². The lowest BCUT2D eigenvalue weighted by molar-refractivity contribution is -0.134. The molecule has 2 atom stereocenters. The Bertz CT molecular complexity index is 390. The molecule has 1 aliphatic carbocycles. The van der Waals surface area contributed by atoms with Gasteiger partial charge in [-0.3, -0.25) is 4.79 Å². The Labute approximate surface area is 95.6 Å². The largest absolute Gasteiger partial charge is 0.367 e. The first-order valence-electron chi connectivity index (χ1n) is 6.02. The molecule has 1 heterocycles. The maximum atomic E-state index is 12.1. The highest BCUT2D eigenvalue weighted by atomic mass is 16.5. The maximum Gasteiger partial charge on any atom is 0.165 e. The van der Waals surface area contributed by atoms with Gasteiger partial charge in [-0.25, -0.2) is 0 Å². The molecule has 1 saturated carbocycles. The summed E-state index contributed by atoms with van der Waals surface area (Å²) in [6.45, 7) is 0.757. The summed E-state index contributed by atoms with van der Waals surface area (Å²) in [5.41, 5.74) is 0.865. The van der Waals surface area contributed by atoms with Crippen molar-refractivity contribution in [3.63, 3.8) is 0 Å². The molecule has 0 amide bonds. The minimum atomic E-state index is -0.416. The van der Waals surface area contributed by atoms with Gasteiger partial charge < -0.3 is 4.74 Å². The lowest BCUT2D eigenvalue weighted by atomic mass is 9.93. The molecule has 16 heavy (non-hydrogen) atoms. The second kappa shape index (κ2) is 3.70. The summed E-state index contributed by atoms with van der Waals surface area (Å²) in [6.07, 6.45) is 3.50. The Morgan fingerprint density at radius 3 is 2.75 bits per heavy atom. The first-order valence-corrected chi connectivity index (χ1v) is 6.02. The van der Waals surface area contributed by atoms with Gasteiger partial charge in [0.05, 0.1) is 0 Å². The molecule has 2 fully saturated rings. The third kappa shape index (κ3) is 1.49. The van der Waals surface area contributed by atoms with E-state index in [9.17, 15) is 4.79 Å². The smallest absolute Gasteiger partial charge is 0.165 e. The topological polar surface area (TPSA) is 26.3 Å². The number of carbonyl (C=O) groups is 1. The Kier molecular flexibility index (Phi) is 2.32. The van der Waals surface area contributed by atoms with Crippen LogP contribution < -0.4 is 0 Å². The molecule has 1 aliphatic heterocycles. The average Bonchev–Trinajstić information content (AvgIpc) is 2.91. The second-order valence-electron chi connectivity index (χ2n) is 4.89. The fourth-order valence-electron chi connectivity index (χ4n) is 3.03. The zero-order valence-corrected chi connectivity index (χ0v) is 9.32. The van der Waals surface area contributed by atoms with Crippen LogP contribution in [0.2, 0.25) is 0 Å². The van der Waals surface area contributed by atoms with Gasteiger partial charge in [0, 0.05) is 13.0 Å². The summed E-state index contributed by atoms with van der Waals surface area (Å²) in [5, 5.41) is 0. The molecule has 2 heteroatoms. The number of Topliss-reactive ketones (excluding diaryl/α,β-unsaturated/α-hetero) is 1. The monoisotopic (exact) mass is 216 g/mol. The molecular formula is C14H16O2. The summed E-state index contributed by atoms with van der Waals surface area (Å²) in [5.74, 6) is 0.686. The van der Waals surface area contributed by atoms with E-state index in [1.165, 1.54) is 5.56 Å². The highest BCUT2D eigenvalue weighted by molar-refractivity contribution is 5.90. The van der Waals surface area contributed by atoms with E-state index in [0.717, 1.165) is 25.9 Å². The van der Waals surface area contributed by atoms with Crippen molar-refractivity contribution >= 4 is 5.78 Å². The Balaban J connectivity index is 1.84. The number of ether oxygens (including phenoxy) is 1. The van der Waals surface area contributed by atoms with E-state index in [1.54, 1.807) is 0 Å². The predicted molar refractivity (Wildman–Crippen MR) is 61.3 cm³/mol. The summed E-state index contributed by atoms with van der Waals surface area (Å²) >= 11 is 0. The quantitative estimate of drug-likeness (QED) is 0.721. The molecule has 1 spiro atoms. The fraction of sp³-hybridized carbons (Fsp3) is 0.500. The van der Waals surface area contributed by atoms with Crippen LogP contribution in [0.4, 0.5) is 0 Å². The number of rotatable bonds is 1. The van der Waals surface area contributed by atoms with Crippen molar-refractivity contribution in [2.75, 3.05) is 6.61 Å². The van der Waals surface area contributed by atoms with Crippen molar-refractivity contribution in [1.29, 1.82) is 0 Å². The van der Waals surface area contributed by atoms with Gasteiger partial charge in [0.15, 0.2) is 5.78 Å². The SMILES string of the molecule is O=C1CC(c2ccccc2)CC12CCCO2. The van der Waals surface area contributed by atoms with Gasteiger partial charge in [-0.05, 0) is 30.7 Å². The Hall–Kier alpha value is -1.15. The van der Waals surface area contributed by atoms with E-state index < -0.39 is 5.60 Å². The minimum Gasteiger partial charge on any atom is -0.367 e. The van der Waals surface area contributed by atoms with Crippen molar-refractivity contribution in [2.45, 2.75) is 37.2 Å². The number of carbonyl (C=O) groups excluding carboxylic acids is 1. The number of hydrogen-bond acceptors (Lipinski definition) is 2. The molecule has 2 nitrogen and oxygen atoms in total. The highest BCUT2D eigenvalue weighted by Gasteiger charge is 2.49. The van der Waals surface area contributed by atoms with Gasteiger partial charge in [0.1, 0.15) is 5.60 Å². The summed E-state index contributed by atoms with van der Waals surface area (Å²) < 4.78 is 5.72. The van der Waals surface area contributed by atoms with E-state index in [0.29, 0.717) is 18.1 Å². The lowest BCUT2D eigenvalue weighted by Gasteiger charge is -2.20. The molecule has 0 aromatic heterocycles. The summed E-state index contributed by atoms with van der Waals surface area (Å²) in [4.78, 5) is 12.1. The van der Waals surface area contributed by atoms with Gasteiger partial charge in [0.25, 0.3) is 0 Å². The van der Waals surface area contributed by atoms with Crippen LogP contribution in [0, 0.1) is 0 Å². The van der Waals surface area contributed by atoms with Crippen LogP contribution >= 0.6 is 0 Å². The van der Waals surface area contributed by atoms with Crippen molar-refractivity contribution in [3.05, 3.63) is 35.9 Å². The molecule has 0 radical (unpaired) electrons. The van der Waals surface area contributed by atoms with E-state index >= 15 is 0 Å². The van der Waals surface area contributed by atoms with Gasteiger partial charge in [-0.15, -0.1) is 0 Å². The number of hydrogen-bond donors (Lipinski definition) is 0. The minimum absolute atomic E-state index is 0.318. The van der Waals surface area contributed by atoms with Crippen LogP contribution in [0.25, 0.3) is 0 Å². The van der Waals surface area contributed by atoms with Crippen molar-refractivity contribution in [1.82, 2.24) is 0 Å². The van der Waals surface area contributed by atoms with Crippen LogP contribution in [0.3, 0.4) is 0 Å². The Morgan fingerprint density at radius 1 is 1.25 bits per heavy atom. The highest BCUT2D eigenvalue weighted by Crippen LogP contribution is 2.45. The molecule has 1 aromatic carbocycles. The normalized spacial score (nSPS) is 33.8. The summed E-state index contributed by atoms with van der Waals surface area (Å²) in [7, 11) is 0. The fourth-order valence-corrected chi connectivity index (χ4v) is 3.03. The zero-order chi connectivity index (χ0) is 11.0. The average molecular weight is 216 g/mol. The molecule has 2 aliphatic rings. The van der Waals surface area contributed by atoms with Crippen molar-refractivity contribution < 1.29 is 9.53 Å². The summed E-state index contributed by atoms with van der Waals surface area (Å²) in [6, 6.07) is 10.3. The first-order chi connectivity index (χ1) is 7.80. The molecule has 0 N–H and O–H groups in total. The predicted octanol–water partition coefficient (Wildman–Crippen LogP) is 2.68. The maximum absolute atomic E-state index is 12.1. The molecule has 1 aromatic rings. The number of benzene rings is 1. The molecule has 2 unspecified atom stereocenters. The van der Waals surface area contributed by atoms with Crippen molar-refractivity contribution in [3.8, 4) is 0 Å². The van der Waals surface area contributed by atoms with Crippen LogP contribution in [-0.4, -0.2) is 18.0 Å². The van der Waals surface area contributed by atoms with Gasteiger partial charge >= 0.3 is 0 Å². The van der Waals surface area contributed by atoms with E-state index in [4.69, 9.17) is 4.74 Å². The van der Waals surface area contributed by atoms with Gasteiger partial charge in [-0.2, -0.15) is 0 Å². The van der Waals surface area contributed by atoms with Gasteiger partial charge in [-0.1, -0.05) is 30.3 Å². The lowest BCUT2D eigenvalue weighted by Crippen LogP contribution is -2.32. The molecule has 0 bridgehead atoms. The van der Waals surface area contributed by atoms with Crippen LogP contribution in [-0.2, 0) is 9.53 Å². The third-order valence-electron chi connectivity index (χ3n) is 3.89. The Morgan fingerprint density at radius 2 is 2.06 bits per heavy atom. The molecule has 3 rings (SSSR count). The van der Waals surface area contributed by atoms with Crippen LogP contribution in [0.1, 0.15) is 37.2 Å². The van der Waals surface area contributed by atoms with Crippen molar-refractivity contribution in [2.24, 2.45) is 0 Å². The van der Waals surface area contributed by atoms with Crippen LogP contribution in [0.15, 0.2) is 30.3 Å². The van der Waals surface area contributed by atoms with E-state index in [2.05, 4.69) is 12.1 Å². The molecule has 84 valence electrons. The third-order valence-corrected chi connectivity index (χ3v) is 3.89. The zero-order valence-electron chi connectivity index (χ0n) is 9.32. The molecular weight excluding hydrogens is 200 g/mol. The standard InChI is InChI=1S/C14H16O2/c15-13-9-12(11-5-2-1-3-6-11)10-14(13)7-4-8-16-14/h1-3,5-6,12H,4,7-10H2. The first kappa shape index (κ1) is 10.0. The second-order valence-corrected chi connectivity index (χ2v) is 4.89. The van der Waals surface area contributed by atoms with E-state index in [-0.39, 0.29) is 0 Å². The molecule has 1 saturated heterocycles. The van der Waals surface area contributed by atoms with Gasteiger partial charge in [0.2, 0.25) is 0 Å². The number of ketones is 1.